The van der Waals surface area contributed by atoms with Crippen LogP contribution < -0.4 is 5.32 Å². The van der Waals surface area contributed by atoms with Crippen molar-refractivity contribution in [1.29, 1.82) is 0 Å². The van der Waals surface area contributed by atoms with Crippen LogP contribution in [0.3, 0.4) is 0 Å². The molecule has 1 fully saturated rings. The number of carbonyl (C=O) groups is 1. The van der Waals surface area contributed by atoms with Crippen molar-refractivity contribution in [3.05, 3.63) is 35.9 Å². The van der Waals surface area contributed by atoms with E-state index in [4.69, 9.17) is 11.6 Å². The second-order valence-corrected chi connectivity index (χ2v) is 9.06. The highest BCUT2D eigenvalue weighted by molar-refractivity contribution is 7.89. The van der Waals surface area contributed by atoms with E-state index in [9.17, 15) is 13.2 Å². The van der Waals surface area contributed by atoms with Crippen molar-refractivity contribution in [3.8, 4) is 0 Å². The summed E-state index contributed by atoms with van der Waals surface area (Å²) >= 11 is 5.34. The maximum absolute atomic E-state index is 12.8. The minimum absolute atomic E-state index is 0.0349. The normalized spacial score (nSPS) is 17.8. The van der Waals surface area contributed by atoms with Gasteiger partial charge in [0.2, 0.25) is 15.9 Å². The van der Waals surface area contributed by atoms with E-state index in [0.29, 0.717) is 31.9 Å². The van der Waals surface area contributed by atoms with Gasteiger partial charge >= 0.3 is 0 Å². The molecule has 138 valence electrons. The van der Waals surface area contributed by atoms with Crippen LogP contribution in [0.4, 0.5) is 5.69 Å². The molecule has 1 aromatic rings. The van der Waals surface area contributed by atoms with Gasteiger partial charge in [-0.2, -0.15) is 4.31 Å². The predicted molar refractivity (Wildman–Crippen MR) is 100 cm³/mol. The van der Waals surface area contributed by atoms with Gasteiger partial charge in [-0.1, -0.05) is 11.6 Å². The van der Waals surface area contributed by atoms with Crippen LogP contribution in [0.15, 0.2) is 40.8 Å². The Bertz CT molecular complexity index is 731. The van der Waals surface area contributed by atoms with Gasteiger partial charge in [-0.3, -0.25) is 9.69 Å². The van der Waals surface area contributed by atoms with Crippen molar-refractivity contribution in [2.24, 2.45) is 0 Å². The molecule has 25 heavy (non-hydrogen) atoms. The molecule has 8 heteroatoms. The summed E-state index contributed by atoms with van der Waals surface area (Å²) in [5, 5.41) is 2.60. The minimum atomic E-state index is -3.53. The van der Waals surface area contributed by atoms with Crippen molar-refractivity contribution < 1.29 is 13.2 Å². The Labute approximate surface area is 154 Å². The number of halogens is 1. The van der Waals surface area contributed by atoms with Crippen molar-refractivity contribution in [2.45, 2.75) is 31.2 Å². The fourth-order valence-electron chi connectivity index (χ4n) is 2.70. The first-order valence-corrected chi connectivity index (χ1v) is 9.95. The largest absolute Gasteiger partial charge is 0.322 e. The van der Waals surface area contributed by atoms with E-state index in [-0.39, 0.29) is 16.3 Å². The van der Waals surface area contributed by atoms with E-state index in [1.807, 2.05) is 0 Å². The number of hydrogen-bond acceptors (Lipinski definition) is 4. The third kappa shape index (κ3) is 5.04. The Hall–Kier alpha value is -1.41. The Kier molecular flexibility index (Phi) is 6.26. The fraction of sp³-hybridized carbons (Fsp3) is 0.471. The summed E-state index contributed by atoms with van der Waals surface area (Å²) in [7, 11) is -3.53. The van der Waals surface area contributed by atoms with Gasteiger partial charge in [-0.05, 0) is 45.0 Å². The Morgan fingerprint density at radius 1 is 1.12 bits per heavy atom. The molecule has 0 radical (unpaired) electrons. The molecule has 2 rings (SSSR count). The second-order valence-electron chi connectivity index (χ2n) is 6.87. The average Bonchev–Trinajstić information content (AvgIpc) is 2.55. The van der Waals surface area contributed by atoms with Crippen molar-refractivity contribution >= 4 is 33.2 Å². The summed E-state index contributed by atoms with van der Waals surface area (Å²) in [4.78, 5) is 13.9. The maximum Gasteiger partial charge on any atom is 0.249 e. The summed E-state index contributed by atoms with van der Waals surface area (Å²) < 4.78 is 27.1. The molecule has 1 heterocycles. The molecular formula is C17H24ClN3O3S. The number of amides is 1. The second kappa shape index (κ2) is 7.86. The lowest BCUT2D eigenvalue weighted by Gasteiger charge is -2.41. The number of benzene rings is 1. The highest BCUT2D eigenvalue weighted by atomic mass is 35.5. The lowest BCUT2D eigenvalue weighted by Crippen LogP contribution is -2.54. The summed E-state index contributed by atoms with van der Waals surface area (Å²) in [6, 6.07) is 6.15. The quantitative estimate of drug-likeness (QED) is 0.808. The molecule has 1 saturated heterocycles. The van der Waals surface area contributed by atoms with Gasteiger partial charge in [0.1, 0.15) is 0 Å². The van der Waals surface area contributed by atoms with Crippen LogP contribution in [0.5, 0.6) is 0 Å². The fourth-order valence-corrected chi connectivity index (χ4v) is 4.24. The Morgan fingerprint density at radius 3 is 2.16 bits per heavy atom. The van der Waals surface area contributed by atoms with Gasteiger partial charge in [0.05, 0.1) is 4.90 Å². The molecular weight excluding hydrogens is 362 g/mol. The van der Waals surface area contributed by atoms with Gasteiger partial charge < -0.3 is 5.32 Å². The average molecular weight is 386 g/mol. The molecule has 0 bridgehead atoms. The lowest BCUT2D eigenvalue weighted by molar-refractivity contribution is -0.111. The highest BCUT2D eigenvalue weighted by Crippen LogP contribution is 2.22. The molecule has 1 aromatic carbocycles. The predicted octanol–water partition coefficient (Wildman–Crippen LogP) is 2.48. The van der Waals surface area contributed by atoms with E-state index >= 15 is 0 Å². The van der Waals surface area contributed by atoms with Gasteiger partial charge in [-0.15, -0.1) is 0 Å². The molecule has 0 atom stereocenters. The monoisotopic (exact) mass is 385 g/mol. The molecule has 0 unspecified atom stereocenters. The standard InChI is InChI=1S/C17H24ClN3O3S/c1-17(2,3)20-10-12-21(13-11-20)25(23,24)15-6-4-14(5-7-15)19-16(22)8-9-18/h4-9H,10-13H2,1-3H3,(H,19,22). The molecule has 0 spiro atoms. The van der Waals surface area contributed by atoms with Crippen molar-refractivity contribution in [2.75, 3.05) is 31.5 Å². The van der Waals surface area contributed by atoms with Crippen LogP contribution in [-0.2, 0) is 14.8 Å². The van der Waals surface area contributed by atoms with Crippen LogP contribution in [0.1, 0.15) is 20.8 Å². The van der Waals surface area contributed by atoms with Gasteiger partial charge in [-0.25, -0.2) is 8.42 Å². The third-order valence-electron chi connectivity index (χ3n) is 4.16. The van der Waals surface area contributed by atoms with Crippen molar-refractivity contribution in [3.63, 3.8) is 0 Å². The molecule has 0 saturated carbocycles. The Balaban J connectivity index is 2.06. The molecule has 0 aromatic heterocycles. The number of sulfonamides is 1. The zero-order valence-corrected chi connectivity index (χ0v) is 16.3. The van der Waals surface area contributed by atoms with Crippen LogP contribution in [0, 0.1) is 0 Å². The maximum atomic E-state index is 12.8. The first kappa shape index (κ1) is 19.9. The Morgan fingerprint density at radius 2 is 1.68 bits per heavy atom. The minimum Gasteiger partial charge on any atom is -0.322 e. The smallest absolute Gasteiger partial charge is 0.249 e. The van der Waals surface area contributed by atoms with Gasteiger partial charge in [0.25, 0.3) is 0 Å². The zero-order chi connectivity index (χ0) is 18.7. The van der Waals surface area contributed by atoms with E-state index in [2.05, 4.69) is 31.0 Å². The van der Waals surface area contributed by atoms with E-state index in [0.717, 1.165) is 5.54 Å². The molecule has 6 nitrogen and oxygen atoms in total. The summed E-state index contributed by atoms with van der Waals surface area (Å²) in [6.07, 6.45) is 1.18. The molecule has 0 aliphatic carbocycles. The first-order valence-electron chi connectivity index (χ1n) is 8.07. The van der Waals surface area contributed by atoms with Crippen LogP contribution >= 0.6 is 11.6 Å². The molecule has 1 aliphatic rings. The van der Waals surface area contributed by atoms with Gasteiger partial charge in [0.15, 0.2) is 0 Å². The SMILES string of the molecule is CC(C)(C)N1CCN(S(=O)(=O)c2ccc(NC(=O)C=CCl)cc2)CC1. The molecule has 1 amide bonds. The van der Waals surface area contributed by atoms with E-state index < -0.39 is 10.0 Å². The number of nitrogens with one attached hydrogen (secondary N) is 1. The first-order chi connectivity index (χ1) is 11.6. The summed E-state index contributed by atoms with van der Waals surface area (Å²) in [5.41, 5.74) is 1.66. The lowest BCUT2D eigenvalue weighted by atomic mass is 10.1. The van der Waals surface area contributed by atoms with Crippen molar-refractivity contribution in [1.82, 2.24) is 9.21 Å². The number of piperazine rings is 1. The van der Waals surface area contributed by atoms with E-state index in [1.165, 1.54) is 22.5 Å². The molecule has 1 aliphatic heterocycles. The third-order valence-corrected chi connectivity index (χ3v) is 6.20. The van der Waals surface area contributed by atoms with E-state index in [1.54, 1.807) is 12.1 Å². The number of nitrogens with zero attached hydrogens (tertiary/aromatic N) is 2. The molecule has 1 N–H and O–H groups in total. The number of rotatable bonds is 4. The van der Waals surface area contributed by atoms with Crippen LogP contribution in [0.2, 0.25) is 0 Å². The zero-order valence-electron chi connectivity index (χ0n) is 14.7. The number of carbonyl (C=O) groups excluding carboxylic acids is 1. The summed E-state index contributed by atoms with van der Waals surface area (Å²) in [5.74, 6) is -0.371. The highest BCUT2D eigenvalue weighted by Gasteiger charge is 2.32. The number of anilines is 1. The van der Waals surface area contributed by atoms with Crippen LogP contribution in [-0.4, -0.2) is 55.2 Å². The van der Waals surface area contributed by atoms with Gasteiger partial charge in [0, 0.05) is 49.0 Å². The number of hydrogen-bond donors (Lipinski definition) is 1. The summed E-state index contributed by atoms with van der Waals surface area (Å²) in [6.45, 7) is 8.75. The van der Waals surface area contributed by atoms with Crippen LogP contribution in [0.25, 0.3) is 0 Å². The topological polar surface area (TPSA) is 69.7 Å².